The second-order valence-corrected chi connectivity index (χ2v) is 12.0. The van der Waals surface area contributed by atoms with Crippen LogP contribution in [0, 0.1) is 28.6 Å². The van der Waals surface area contributed by atoms with Gasteiger partial charge in [-0.1, -0.05) is 40.7 Å². The number of aliphatic hydroxyl groups excluding tert-OH is 1. The first kappa shape index (κ1) is 30.8. The van der Waals surface area contributed by atoms with Gasteiger partial charge in [0.1, 0.15) is 5.76 Å². The minimum Gasteiger partial charge on any atom is -0.457 e. The molecule has 4 rings (SSSR count). The van der Waals surface area contributed by atoms with Gasteiger partial charge in [0, 0.05) is 42.1 Å². The molecule has 0 amide bonds. The summed E-state index contributed by atoms with van der Waals surface area (Å²) in [6.07, 6.45) is 3.69. The van der Waals surface area contributed by atoms with Gasteiger partial charge >= 0.3 is 17.9 Å². The molecule has 0 aliphatic heterocycles. The van der Waals surface area contributed by atoms with Crippen molar-refractivity contribution in [3.05, 3.63) is 35.6 Å². The third-order valence-corrected chi connectivity index (χ3v) is 9.95. The number of carbonyl (C=O) groups excluding carboxylic acids is 5. The molecule has 0 heterocycles. The number of rotatable bonds is 8. The van der Waals surface area contributed by atoms with Crippen molar-refractivity contribution in [2.75, 3.05) is 6.61 Å². The van der Waals surface area contributed by atoms with Crippen LogP contribution in [-0.2, 0) is 38.2 Å². The predicted molar refractivity (Wildman–Crippen MR) is 144 cm³/mol. The molecule has 0 saturated heterocycles. The molecule has 0 spiro atoms. The number of alkyl halides is 1. The van der Waals surface area contributed by atoms with E-state index in [-0.39, 0.29) is 43.4 Å². The summed E-state index contributed by atoms with van der Waals surface area (Å²) in [7, 11) is 0. The number of aliphatic hydroxyl groups is 1. The highest BCUT2D eigenvalue weighted by molar-refractivity contribution is 6.02. The number of halogens is 1. The van der Waals surface area contributed by atoms with E-state index in [1.54, 1.807) is 41.5 Å². The largest absolute Gasteiger partial charge is 0.457 e. The van der Waals surface area contributed by atoms with Crippen molar-refractivity contribution in [1.82, 2.24) is 0 Å². The van der Waals surface area contributed by atoms with Crippen LogP contribution in [0.4, 0.5) is 4.39 Å². The first-order chi connectivity index (χ1) is 19.2. The Balaban J connectivity index is 1.91. The number of carbonyl (C=O) groups is 5. The van der Waals surface area contributed by atoms with E-state index in [0.717, 1.165) is 0 Å². The van der Waals surface area contributed by atoms with Crippen LogP contribution < -0.4 is 0 Å². The van der Waals surface area contributed by atoms with Crippen molar-refractivity contribution in [1.29, 1.82) is 0 Å². The van der Waals surface area contributed by atoms with Gasteiger partial charge in [-0.05, 0) is 43.9 Å². The van der Waals surface area contributed by atoms with Gasteiger partial charge in [0.15, 0.2) is 23.7 Å². The quantitative estimate of drug-likeness (QED) is 0.339. The van der Waals surface area contributed by atoms with Crippen LogP contribution in [0.3, 0.4) is 0 Å². The van der Waals surface area contributed by atoms with Crippen LogP contribution in [0.5, 0.6) is 0 Å². The molecule has 224 valence electrons. The molecule has 0 radical (unpaired) electrons. The van der Waals surface area contributed by atoms with E-state index >= 15 is 4.39 Å². The van der Waals surface area contributed by atoms with Crippen LogP contribution in [0.15, 0.2) is 35.6 Å². The summed E-state index contributed by atoms with van der Waals surface area (Å²) in [4.78, 5) is 63.5. The molecule has 9 nitrogen and oxygen atoms in total. The average molecular weight is 575 g/mol. The van der Waals surface area contributed by atoms with E-state index in [1.807, 2.05) is 0 Å². The molecule has 0 bridgehead atoms. The number of hydrogen-bond donors (Lipinski definition) is 1. The Labute approximate surface area is 239 Å². The minimum absolute atomic E-state index is 0.0294. The second kappa shape index (κ2) is 10.6. The number of hydrogen-bond acceptors (Lipinski definition) is 9. The molecule has 0 aromatic carbocycles. The Morgan fingerprint density at radius 3 is 2.29 bits per heavy atom. The number of Topliss-reactive ketones (excluding diaryl/α,β-unsaturated/α-hetero) is 1. The molecule has 0 aromatic heterocycles. The highest BCUT2D eigenvalue weighted by atomic mass is 19.1. The van der Waals surface area contributed by atoms with Gasteiger partial charge < -0.3 is 19.3 Å². The first-order valence-corrected chi connectivity index (χ1v) is 14.3. The summed E-state index contributed by atoms with van der Waals surface area (Å²) in [5.74, 6) is -5.21. The lowest BCUT2D eigenvalue weighted by atomic mass is 9.46. The van der Waals surface area contributed by atoms with E-state index < -0.39 is 82.0 Å². The maximum absolute atomic E-state index is 17.8. The summed E-state index contributed by atoms with van der Waals surface area (Å²) in [5.41, 5.74) is -6.84. The molecule has 0 unspecified atom stereocenters. The molecular formula is C31H39FO9. The molecular weight excluding hydrogens is 535 g/mol. The standard InChI is InChI=1S/C31H39FO9/c1-7-25(36)39-16-24(35)31(41-27(38)9-3)17(4)12-19-20-14-22(40-26(37)8-2)21-13-18(33)10-11-28(21,5)30(20,32)23(34)15-29(19,31)6/h10-11,13-14,17,19-20,23,34H,7-9,12,15-16H2,1-6H3/t17-,19+,20+,23+,28+,29+,30+,31-/m1/s1. The molecule has 2 saturated carbocycles. The maximum atomic E-state index is 17.8. The third-order valence-electron chi connectivity index (χ3n) is 9.95. The van der Waals surface area contributed by atoms with Gasteiger partial charge in [-0.2, -0.15) is 0 Å². The van der Waals surface area contributed by atoms with Crippen LogP contribution in [0.1, 0.15) is 73.6 Å². The highest BCUT2D eigenvalue weighted by Crippen LogP contribution is 2.71. The van der Waals surface area contributed by atoms with Crippen LogP contribution >= 0.6 is 0 Å². The van der Waals surface area contributed by atoms with Gasteiger partial charge in [-0.25, -0.2) is 4.39 Å². The Hall–Kier alpha value is -3.14. The van der Waals surface area contributed by atoms with Crippen molar-refractivity contribution in [3.63, 3.8) is 0 Å². The Morgan fingerprint density at radius 1 is 1.05 bits per heavy atom. The van der Waals surface area contributed by atoms with Crippen LogP contribution in [0.2, 0.25) is 0 Å². The average Bonchev–Trinajstić information content (AvgIpc) is 3.15. The van der Waals surface area contributed by atoms with Crippen LogP contribution in [-0.4, -0.2) is 58.6 Å². The van der Waals surface area contributed by atoms with Gasteiger partial charge in [0.25, 0.3) is 0 Å². The summed E-state index contributed by atoms with van der Waals surface area (Å²) in [6.45, 7) is 9.14. The fraction of sp³-hybridized carbons (Fsp3) is 0.645. The van der Waals surface area contributed by atoms with E-state index in [0.29, 0.717) is 0 Å². The molecule has 10 heteroatoms. The van der Waals surface area contributed by atoms with Crippen molar-refractivity contribution in [2.24, 2.45) is 28.6 Å². The monoisotopic (exact) mass is 574 g/mol. The van der Waals surface area contributed by atoms with Crippen molar-refractivity contribution in [2.45, 2.75) is 91.0 Å². The summed E-state index contributed by atoms with van der Waals surface area (Å²) < 4.78 is 34.6. The predicted octanol–water partition coefficient (Wildman–Crippen LogP) is 3.87. The maximum Gasteiger partial charge on any atom is 0.310 e. The highest BCUT2D eigenvalue weighted by Gasteiger charge is 2.77. The summed E-state index contributed by atoms with van der Waals surface area (Å²) in [6, 6.07) is 0. The fourth-order valence-electron chi connectivity index (χ4n) is 7.84. The number of esters is 3. The van der Waals surface area contributed by atoms with E-state index in [4.69, 9.17) is 14.2 Å². The molecule has 0 aromatic rings. The zero-order valence-corrected chi connectivity index (χ0v) is 24.5. The lowest BCUT2D eigenvalue weighted by Gasteiger charge is -2.61. The smallest absolute Gasteiger partial charge is 0.310 e. The first-order valence-electron chi connectivity index (χ1n) is 14.3. The lowest BCUT2D eigenvalue weighted by molar-refractivity contribution is -0.219. The molecule has 4 aliphatic rings. The molecule has 4 aliphatic carbocycles. The zero-order valence-electron chi connectivity index (χ0n) is 24.5. The van der Waals surface area contributed by atoms with Crippen LogP contribution in [0.25, 0.3) is 0 Å². The molecule has 1 N–H and O–H groups in total. The van der Waals surface area contributed by atoms with Crippen molar-refractivity contribution in [3.8, 4) is 0 Å². The summed E-state index contributed by atoms with van der Waals surface area (Å²) in [5, 5.41) is 11.7. The third kappa shape index (κ3) is 4.32. The van der Waals surface area contributed by atoms with E-state index in [2.05, 4.69) is 0 Å². The molecule has 2 fully saturated rings. The molecule has 41 heavy (non-hydrogen) atoms. The zero-order chi connectivity index (χ0) is 30.5. The van der Waals surface area contributed by atoms with Crippen molar-refractivity contribution >= 4 is 29.5 Å². The SMILES string of the molecule is CCC(=O)OCC(=O)[C@]1(OC(=O)CC)[C@H](C)C[C@H]2[C@@H]3C=C(OC(=O)CC)C4=CC(=O)C=C[C@]4(C)[C@@]3(F)[C@@H](O)C[C@@]21C. The van der Waals surface area contributed by atoms with Gasteiger partial charge in [-0.15, -0.1) is 0 Å². The molecule has 8 atom stereocenters. The lowest BCUT2D eigenvalue weighted by Crippen LogP contribution is -2.69. The number of ketones is 2. The normalized spacial score (nSPS) is 39.0. The Kier molecular flexibility index (Phi) is 7.97. The Morgan fingerprint density at radius 2 is 1.68 bits per heavy atom. The second-order valence-electron chi connectivity index (χ2n) is 12.0. The minimum atomic E-state index is -2.36. The topological polar surface area (TPSA) is 133 Å². The van der Waals surface area contributed by atoms with Gasteiger partial charge in [0.2, 0.25) is 5.78 Å². The van der Waals surface area contributed by atoms with Gasteiger partial charge in [0.05, 0.1) is 11.5 Å². The summed E-state index contributed by atoms with van der Waals surface area (Å²) >= 11 is 0. The Bertz CT molecular complexity index is 1270. The number of fused-ring (bicyclic) bond motifs is 5. The van der Waals surface area contributed by atoms with Crippen molar-refractivity contribution < 1.29 is 47.7 Å². The van der Waals surface area contributed by atoms with E-state index in [9.17, 15) is 29.1 Å². The number of allylic oxidation sites excluding steroid dienone is 5. The van der Waals surface area contributed by atoms with Gasteiger partial charge in [-0.3, -0.25) is 24.0 Å². The fourth-order valence-corrected chi connectivity index (χ4v) is 7.84. The van der Waals surface area contributed by atoms with E-state index in [1.165, 1.54) is 24.3 Å². The number of ether oxygens (including phenoxy) is 3.